The van der Waals surface area contributed by atoms with Crippen LogP contribution in [-0.4, -0.2) is 19.6 Å². The molecule has 5 nitrogen and oxygen atoms in total. The summed E-state index contributed by atoms with van der Waals surface area (Å²) in [6, 6.07) is 12.8. The van der Waals surface area contributed by atoms with Crippen LogP contribution in [0.4, 0.5) is 14.5 Å². The van der Waals surface area contributed by atoms with Gasteiger partial charge in [-0.15, -0.1) is 0 Å². The average molecular weight is 350 g/mol. The van der Waals surface area contributed by atoms with Gasteiger partial charge in [0.15, 0.2) is 0 Å². The molecule has 0 aromatic heterocycles. The predicted molar refractivity (Wildman–Crippen MR) is 90.8 cm³/mol. The standard InChI is InChI=1S/C18H20F2N2O3/c1-11(16(21)12-6-4-3-5-7-12)17(23)22-14-10-13(24-2)8-9-15(14)25-18(19)20/h3-11,16,18H,21H2,1-2H3,(H,22,23). The van der Waals surface area contributed by atoms with Gasteiger partial charge in [-0.1, -0.05) is 37.3 Å². The molecule has 0 saturated heterocycles. The van der Waals surface area contributed by atoms with Gasteiger partial charge in [-0.2, -0.15) is 8.78 Å². The quantitative estimate of drug-likeness (QED) is 0.801. The summed E-state index contributed by atoms with van der Waals surface area (Å²) in [6.45, 7) is -1.34. The van der Waals surface area contributed by atoms with E-state index in [1.807, 2.05) is 30.3 Å². The van der Waals surface area contributed by atoms with E-state index in [1.54, 1.807) is 6.92 Å². The van der Waals surface area contributed by atoms with E-state index in [0.717, 1.165) is 5.56 Å². The summed E-state index contributed by atoms with van der Waals surface area (Å²) in [7, 11) is 1.43. The van der Waals surface area contributed by atoms with Crippen molar-refractivity contribution in [2.75, 3.05) is 12.4 Å². The molecule has 1 amide bonds. The van der Waals surface area contributed by atoms with Crippen molar-refractivity contribution in [1.29, 1.82) is 0 Å². The fourth-order valence-corrected chi connectivity index (χ4v) is 2.31. The largest absolute Gasteiger partial charge is 0.497 e. The number of benzene rings is 2. The van der Waals surface area contributed by atoms with Gasteiger partial charge in [0.05, 0.1) is 18.7 Å². The Kier molecular flexibility index (Phi) is 6.30. The Hall–Kier alpha value is -2.67. The number of ether oxygens (including phenoxy) is 2. The minimum absolute atomic E-state index is 0.0942. The highest BCUT2D eigenvalue weighted by molar-refractivity contribution is 5.94. The minimum Gasteiger partial charge on any atom is -0.497 e. The van der Waals surface area contributed by atoms with Crippen molar-refractivity contribution in [3.63, 3.8) is 0 Å². The van der Waals surface area contributed by atoms with E-state index < -0.39 is 24.5 Å². The lowest BCUT2D eigenvalue weighted by molar-refractivity contribution is -0.120. The number of hydrogen-bond donors (Lipinski definition) is 2. The van der Waals surface area contributed by atoms with Crippen LogP contribution in [0.2, 0.25) is 0 Å². The van der Waals surface area contributed by atoms with Gasteiger partial charge in [-0.05, 0) is 17.7 Å². The molecule has 7 heteroatoms. The Labute approximate surface area is 144 Å². The van der Waals surface area contributed by atoms with E-state index in [2.05, 4.69) is 10.1 Å². The molecule has 2 unspecified atom stereocenters. The summed E-state index contributed by atoms with van der Waals surface area (Å²) in [4.78, 5) is 12.5. The van der Waals surface area contributed by atoms with Crippen molar-refractivity contribution in [3.05, 3.63) is 54.1 Å². The second-order valence-corrected chi connectivity index (χ2v) is 5.45. The summed E-state index contributed by atoms with van der Waals surface area (Å²) in [5, 5.41) is 2.58. The van der Waals surface area contributed by atoms with Gasteiger partial charge in [-0.25, -0.2) is 0 Å². The van der Waals surface area contributed by atoms with Crippen LogP contribution in [0.1, 0.15) is 18.5 Å². The topological polar surface area (TPSA) is 73.6 Å². The Morgan fingerprint density at radius 2 is 1.84 bits per heavy atom. The van der Waals surface area contributed by atoms with Crippen LogP contribution in [0.5, 0.6) is 11.5 Å². The van der Waals surface area contributed by atoms with E-state index in [0.29, 0.717) is 5.75 Å². The summed E-state index contributed by atoms with van der Waals surface area (Å²) in [5.41, 5.74) is 7.03. The van der Waals surface area contributed by atoms with Gasteiger partial charge in [0.2, 0.25) is 5.91 Å². The molecule has 0 aliphatic rings. The lowest BCUT2D eigenvalue weighted by Gasteiger charge is -2.21. The van der Waals surface area contributed by atoms with Crippen molar-refractivity contribution >= 4 is 11.6 Å². The number of nitrogens with two attached hydrogens (primary N) is 1. The molecule has 0 heterocycles. The molecular formula is C18H20F2N2O3. The number of nitrogens with one attached hydrogen (secondary N) is 1. The molecule has 134 valence electrons. The van der Waals surface area contributed by atoms with Crippen LogP contribution < -0.4 is 20.5 Å². The monoisotopic (exact) mass is 350 g/mol. The molecule has 0 spiro atoms. The number of carbonyl (C=O) groups excluding carboxylic acids is 1. The molecule has 25 heavy (non-hydrogen) atoms. The van der Waals surface area contributed by atoms with Gasteiger partial charge in [0.25, 0.3) is 0 Å². The van der Waals surface area contributed by atoms with Gasteiger partial charge < -0.3 is 20.5 Å². The summed E-state index contributed by atoms with van der Waals surface area (Å²) >= 11 is 0. The first-order valence-electron chi connectivity index (χ1n) is 7.66. The molecule has 0 aliphatic heterocycles. The molecule has 2 atom stereocenters. The van der Waals surface area contributed by atoms with Crippen LogP contribution in [0.3, 0.4) is 0 Å². The lowest BCUT2D eigenvalue weighted by atomic mass is 9.94. The maximum atomic E-state index is 12.5. The number of halogens is 2. The molecule has 0 radical (unpaired) electrons. The van der Waals surface area contributed by atoms with Crippen molar-refractivity contribution in [2.24, 2.45) is 11.7 Å². The van der Waals surface area contributed by atoms with Crippen LogP contribution in [-0.2, 0) is 4.79 Å². The van der Waals surface area contributed by atoms with Crippen LogP contribution >= 0.6 is 0 Å². The van der Waals surface area contributed by atoms with Gasteiger partial charge in [-0.3, -0.25) is 4.79 Å². The Morgan fingerprint density at radius 1 is 1.16 bits per heavy atom. The molecule has 3 N–H and O–H groups in total. The van der Waals surface area contributed by atoms with E-state index in [-0.39, 0.29) is 11.4 Å². The van der Waals surface area contributed by atoms with Gasteiger partial charge in [0, 0.05) is 12.1 Å². The third-order valence-corrected chi connectivity index (χ3v) is 3.80. The van der Waals surface area contributed by atoms with Gasteiger partial charge >= 0.3 is 6.61 Å². The normalized spacial score (nSPS) is 13.2. The van der Waals surface area contributed by atoms with E-state index in [1.165, 1.54) is 25.3 Å². The molecular weight excluding hydrogens is 330 g/mol. The zero-order chi connectivity index (χ0) is 18.4. The molecule has 0 fully saturated rings. The molecule has 2 aromatic carbocycles. The fraction of sp³-hybridized carbons (Fsp3) is 0.278. The first kappa shape index (κ1) is 18.7. The summed E-state index contributed by atoms with van der Waals surface area (Å²) < 4.78 is 34.6. The molecule has 0 bridgehead atoms. The molecule has 2 rings (SSSR count). The summed E-state index contributed by atoms with van der Waals surface area (Å²) in [5.74, 6) is -0.752. The Bertz CT molecular complexity index is 711. The number of methoxy groups -OCH3 is 1. The fourth-order valence-electron chi connectivity index (χ4n) is 2.31. The number of rotatable bonds is 7. The van der Waals surface area contributed by atoms with Crippen molar-refractivity contribution < 1.29 is 23.0 Å². The first-order valence-corrected chi connectivity index (χ1v) is 7.66. The van der Waals surface area contributed by atoms with Crippen molar-refractivity contribution in [2.45, 2.75) is 19.6 Å². The highest BCUT2D eigenvalue weighted by Gasteiger charge is 2.23. The highest BCUT2D eigenvalue weighted by atomic mass is 19.3. The zero-order valence-electron chi connectivity index (χ0n) is 13.9. The van der Waals surface area contributed by atoms with Gasteiger partial charge in [0.1, 0.15) is 11.5 Å². The maximum Gasteiger partial charge on any atom is 0.387 e. The first-order chi connectivity index (χ1) is 11.9. The van der Waals surface area contributed by atoms with Crippen molar-refractivity contribution in [1.82, 2.24) is 0 Å². The second-order valence-electron chi connectivity index (χ2n) is 5.45. The third-order valence-electron chi connectivity index (χ3n) is 3.80. The van der Waals surface area contributed by atoms with E-state index in [4.69, 9.17) is 10.5 Å². The van der Waals surface area contributed by atoms with E-state index >= 15 is 0 Å². The number of alkyl halides is 2. The van der Waals surface area contributed by atoms with Crippen LogP contribution in [0.15, 0.2) is 48.5 Å². The Balaban J connectivity index is 2.18. The molecule has 0 aliphatic carbocycles. The van der Waals surface area contributed by atoms with Crippen molar-refractivity contribution in [3.8, 4) is 11.5 Å². The third kappa shape index (κ3) is 4.90. The Morgan fingerprint density at radius 3 is 2.44 bits per heavy atom. The number of hydrogen-bond acceptors (Lipinski definition) is 4. The predicted octanol–water partition coefficient (Wildman–Crippen LogP) is 3.57. The SMILES string of the molecule is COc1ccc(OC(F)F)c(NC(=O)C(C)C(N)c2ccccc2)c1. The maximum absolute atomic E-state index is 12.5. The summed E-state index contributed by atoms with van der Waals surface area (Å²) in [6.07, 6.45) is 0. The lowest BCUT2D eigenvalue weighted by Crippen LogP contribution is -2.30. The zero-order valence-corrected chi connectivity index (χ0v) is 13.9. The number of amides is 1. The average Bonchev–Trinajstić information content (AvgIpc) is 2.62. The smallest absolute Gasteiger partial charge is 0.387 e. The molecule has 0 saturated carbocycles. The second kappa shape index (κ2) is 8.43. The van der Waals surface area contributed by atoms with Crippen LogP contribution in [0, 0.1) is 5.92 Å². The highest BCUT2D eigenvalue weighted by Crippen LogP contribution is 2.31. The number of carbonyl (C=O) groups is 1. The number of anilines is 1. The van der Waals surface area contributed by atoms with E-state index in [9.17, 15) is 13.6 Å². The van der Waals surface area contributed by atoms with Crippen LogP contribution in [0.25, 0.3) is 0 Å². The molecule has 2 aromatic rings. The minimum atomic E-state index is -3.01.